The summed E-state index contributed by atoms with van der Waals surface area (Å²) in [6.07, 6.45) is 1.11. The molecule has 0 aliphatic carbocycles. The fourth-order valence-electron chi connectivity index (χ4n) is 1.58. The van der Waals surface area contributed by atoms with Crippen molar-refractivity contribution in [1.82, 2.24) is 0 Å². The van der Waals surface area contributed by atoms with Gasteiger partial charge in [0.05, 0.1) is 0 Å². The maximum atomic E-state index is 10.7. The quantitative estimate of drug-likeness (QED) is 0.452. The van der Waals surface area contributed by atoms with Gasteiger partial charge in [0.15, 0.2) is 0 Å². The van der Waals surface area contributed by atoms with Crippen LogP contribution >= 0.6 is 12.7 Å². The molecule has 0 aromatic heterocycles. The number of hydrogen-bond donors (Lipinski definition) is 0. The van der Waals surface area contributed by atoms with Crippen LogP contribution in [0.1, 0.15) is 27.2 Å². The van der Waals surface area contributed by atoms with Gasteiger partial charge < -0.3 is 0 Å². The fourth-order valence-corrected chi connectivity index (χ4v) is 13.8. The van der Waals surface area contributed by atoms with Gasteiger partial charge in [0.25, 0.3) is 0 Å². The van der Waals surface area contributed by atoms with Crippen LogP contribution in [0.25, 0.3) is 0 Å². The Balaban J connectivity index is 4.05. The number of esters is 2. The molecule has 0 N–H and O–H groups in total. The number of halogens is 1. The third kappa shape index (κ3) is 9.88. The predicted octanol–water partition coefficient (Wildman–Crippen LogP) is 2.86. The van der Waals surface area contributed by atoms with Crippen LogP contribution in [0.4, 0.5) is 0 Å². The molecule has 6 heteroatoms. The van der Waals surface area contributed by atoms with E-state index in [9.17, 15) is 9.59 Å². The van der Waals surface area contributed by atoms with Crippen LogP contribution in [0.3, 0.4) is 0 Å². The van der Waals surface area contributed by atoms with E-state index >= 15 is 0 Å². The Morgan fingerprint density at radius 3 is 1.71 bits per heavy atom. The minimum absolute atomic E-state index is 0.234. The molecule has 4 nitrogen and oxygen atoms in total. The summed E-state index contributed by atoms with van der Waals surface area (Å²) in [7, 11) is 0. The molecule has 0 fully saturated rings. The van der Waals surface area contributed by atoms with Crippen molar-refractivity contribution >= 4 is 40.8 Å². The zero-order valence-corrected chi connectivity index (χ0v) is 15.2. The van der Waals surface area contributed by atoms with E-state index in [-0.39, 0.29) is 11.9 Å². The summed E-state index contributed by atoms with van der Waals surface area (Å²) >= 11 is 1.48. The van der Waals surface area contributed by atoms with Crippen LogP contribution in [0.15, 0.2) is 0 Å². The van der Waals surface area contributed by atoms with E-state index < -0.39 is 16.2 Å². The summed E-state index contributed by atoms with van der Waals surface area (Å²) in [5, 5.41) is 0. The van der Waals surface area contributed by atoms with Gasteiger partial charge >= 0.3 is 114 Å². The third-order valence-electron chi connectivity index (χ3n) is 2.41. The van der Waals surface area contributed by atoms with E-state index in [4.69, 9.17) is 9.47 Å². The minimum atomic E-state index is -2.40. The van der Waals surface area contributed by atoms with Crippen molar-refractivity contribution in [2.75, 3.05) is 13.2 Å². The first-order chi connectivity index (χ1) is 7.89. The van der Waals surface area contributed by atoms with Gasteiger partial charge in [0, 0.05) is 0 Å². The maximum absolute atomic E-state index is 10.7. The van der Waals surface area contributed by atoms with E-state index in [0.717, 1.165) is 19.7 Å². The Hall–Kier alpha value is 0.219. The molecule has 0 unspecified atom stereocenters. The number of rotatable bonds is 8. The second-order valence-corrected chi connectivity index (χ2v) is 26.2. The second-order valence-electron chi connectivity index (χ2n) is 4.08. The standard InChI is InChI=1S/2C4H7O2.C3H7.BrH.Sn/c2*1-3-6-4(2)5;1-3-2;;/h2*1,3H2,2H3;1,3H2,2H3;1H;/q;;;;+1/p-1. The van der Waals surface area contributed by atoms with Crippen LogP contribution < -0.4 is 0 Å². The molecule has 0 saturated carbocycles. The van der Waals surface area contributed by atoms with Gasteiger partial charge in [0.1, 0.15) is 0 Å². The fraction of sp³-hybridized carbons (Fsp3) is 0.818. The molecule has 0 saturated heterocycles. The molecule has 0 bridgehead atoms. The summed E-state index contributed by atoms with van der Waals surface area (Å²) in [5.41, 5.74) is 0. The second kappa shape index (κ2) is 9.19. The molecule has 0 aliphatic rings. The van der Waals surface area contributed by atoms with Crippen LogP contribution in [-0.2, 0) is 19.1 Å². The van der Waals surface area contributed by atoms with Gasteiger partial charge in [-0.1, -0.05) is 0 Å². The first-order valence-electron chi connectivity index (χ1n) is 5.85. The molecular formula is C11H21BrO4Sn. The molecule has 0 atom stereocenters. The van der Waals surface area contributed by atoms with Crippen LogP contribution in [0.2, 0.25) is 13.3 Å². The van der Waals surface area contributed by atoms with Gasteiger partial charge in [-0.15, -0.1) is 0 Å². The number of hydrogen-bond acceptors (Lipinski definition) is 4. The van der Waals surface area contributed by atoms with E-state index in [1.165, 1.54) is 13.8 Å². The molecule has 17 heavy (non-hydrogen) atoms. The molecule has 0 aromatic carbocycles. The first-order valence-corrected chi connectivity index (χ1v) is 18.3. The Morgan fingerprint density at radius 2 is 1.41 bits per heavy atom. The van der Waals surface area contributed by atoms with Crippen molar-refractivity contribution in [3.8, 4) is 0 Å². The van der Waals surface area contributed by atoms with E-state index in [0.29, 0.717) is 13.2 Å². The predicted molar refractivity (Wildman–Crippen MR) is 72.7 cm³/mol. The van der Waals surface area contributed by atoms with Crippen LogP contribution in [0, 0.1) is 0 Å². The number of carbonyl (C=O) groups excluding carboxylic acids is 2. The monoisotopic (exact) mass is 416 g/mol. The Labute approximate surface area is 113 Å². The summed E-state index contributed by atoms with van der Waals surface area (Å²) in [6, 6.07) is 0. The number of ether oxygens (including phenoxy) is 2. The molecular weight excluding hydrogens is 395 g/mol. The summed E-state index contributed by atoms with van der Waals surface area (Å²) in [4.78, 5) is 21.4. The van der Waals surface area contributed by atoms with Gasteiger partial charge in [-0.05, 0) is 0 Å². The molecule has 0 rings (SSSR count). The van der Waals surface area contributed by atoms with Gasteiger partial charge in [-0.2, -0.15) is 0 Å². The molecule has 0 amide bonds. The molecule has 0 aromatic rings. The van der Waals surface area contributed by atoms with Crippen molar-refractivity contribution < 1.29 is 19.1 Å². The summed E-state index contributed by atoms with van der Waals surface area (Å²) in [6.45, 7) is 5.95. The average Bonchev–Trinajstić information content (AvgIpc) is 2.16. The van der Waals surface area contributed by atoms with Crippen molar-refractivity contribution in [3.05, 3.63) is 0 Å². The van der Waals surface area contributed by atoms with Crippen molar-refractivity contribution in [2.45, 2.75) is 40.5 Å². The zero-order valence-electron chi connectivity index (χ0n) is 10.8. The summed E-state index contributed by atoms with van der Waals surface area (Å²) < 4.78 is 13.0. The third-order valence-corrected chi connectivity index (χ3v) is 20.7. The molecule has 100 valence electrons. The summed E-state index contributed by atoms with van der Waals surface area (Å²) in [5.74, 6) is -0.467. The van der Waals surface area contributed by atoms with Gasteiger partial charge in [0.2, 0.25) is 0 Å². The van der Waals surface area contributed by atoms with Crippen molar-refractivity contribution in [3.63, 3.8) is 0 Å². The molecule has 0 spiro atoms. The average molecular weight is 416 g/mol. The Bertz CT molecular complexity index is 238. The Kier molecular flexibility index (Phi) is 9.31. The van der Waals surface area contributed by atoms with Gasteiger partial charge in [-0.3, -0.25) is 0 Å². The van der Waals surface area contributed by atoms with E-state index in [1.807, 2.05) is 0 Å². The molecule has 0 aliphatic heterocycles. The van der Waals surface area contributed by atoms with Crippen molar-refractivity contribution in [2.24, 2.45) is 0 Å². The van der Waals surface area contributed by atoms with E-state index in [1.54, 1.807) is 0 Å². The number of carbonyl (C=O) groups is 2. The van der Waals surface area contributed by atoms with Crippen LogP contribution in [-0.4, -0.2) is 41.3 Å². The Morgan fingerprint density at radius 1 is 1.00 bits per heavy atom. The normalized spacial score (nSPS) is 11.1. The van der Waals surface area contributed by atoms with Crippen molar-refractivity contribution in [1.29, 1.82) is 0 Å². The first kappa shape index (κ1) is 17.2. The topological polar surface area (TPSA) is 52.6 Å². The van der Waals surface area contributed by atoms with E-state index in [2.05, 4.69) is 19.6 Å². The SMILES string of the molecule is CC[CH2][Sn]([Br])([CH2]COC(C)=O)[CH2]COC(C)=O. The molecule has 0 radical (unpaired) electrons. The van der Waals surface area contributed by atoms with Crippen LogP contribution in [0.5, 0.6) is 0 Å². The van der Waals surface area contributed by atoms with Gasteiger partial charge in [-0.25, -0.2) is 0 Å². The molecule has 0 heterocycles. The zero-order chi connectivity index (χ0) is 13.3.